The van der Waals surface area contributed by atoms with Crippen LogP contribution in [0.15, 0.2) is 18.2 Å². The van der Waals surface area contributed by atoms with E-state index in [4.69, 9.17) is 5.11 Å². The Morgan fingerprint density at radius 1 is 1.43 bits per heavy atom. The number of nitro benzene ring substituents is 1. The number of nitrogens with one attached hydrogen (secondary N) is 1. The van der Waals surface area contributed by atoms with Gasteiger partial charge in [-0.05, 0) is 18.9 Å². The number of halogens is 3. The second kappa shape index (κ2) is 4.90. The Morgan fingerprint density at radius 3 is 2.48 bits per heavy atom. The molecule has 1 aliphatic carbocycles. The molecule has 1 saturated carbocycles. The van der Waals surface area contributed by atoms with Gasteiger partial charge in [0.2, 0.25) is 0 Å². The van der Waals surface area contributed by atoms with Gasteiger partial charge in [-0.25, -0.2) is 0 Å². The maximum absolute atomic E-state index is 12.9. The van der Waals surface area contributed by atoms with Gasteiger partial charge < -0.3 is 10.4 Å². The molecule has 0 heterocycles. The molecule has 21 heavy (non-hydrogen) atoms. The monoisotopic (exact) mass is 304 g/mol. The van der Waals surface area contributed by atoms with Crippen molar-refractivity contribution in [3.05, 3.63) is 33.9 Å². The van der Waals surface area contributed by atoms with Crippen molar-refractivity contribution >= 4 is 17.3 Å². The van der Waals surface area contributed by atoms with Gasteiger partial charge >= 0.3 is 12.1 Å². The largest absolute Gasteiger partial charge is 0.481 e. The van der Waals surface area contributed by atoms with Crippen molar-refractivity contribution in [3.8, 4) is 0 Å². The summed E-state index contributed by atoms with van der Waals surface area (Å²) in [6.07, 6.45) is -3.98. The van der Waals surface area contributed by atoms with Crippen LogP contribution in [0.5, 0.6) is 0 Å². The van der Waals surface area contributed by atoms with Crippen molar-refractivity contribution in [2.45, 2.75) is 19.0 Å². The fourth-order valence-electron chi connectivity index (χ4n) is 1.92. The summed E-state index contributed by atoms with van der Waals surface area (Å²) < 4.78 is 38.7. The van der Waals surface area contributed by atoms with E-state index >= 15 is 0 Å². The molecule has 0 radical (unpaired) electrons. The van der Waals surface area contributed by atoms with Gasteiger partial charge in [0, 0.05) is 24.4 Å². The van der Waals surface area contributed by atoms with Gasteiger partial charge in [0.05, 0.1) is 15.9 Å². The van der Waals surface area contributed by atoms with Gasteiger partial charge in [-0.1, -0.05) is 0 Å². The molecule has 2 rings (SSSR count). The Kier molecular flexibility index (Phi) is 3.52. The van der Waals surface area contributed by atoms with Crippen LogP contribution in [0.25, 0.3) is 0 Å². The Hall–Kier alpha value is -2.32. The molecular formula is C12H11F3N2O4. The fourth-order valence-corrected chi connectivity index (χ4v) is 1.92. The first-order chi connectivity index (χ1) is 9.66. The molecule has 1 aromatic carbocycles. The molecule has 1 fully saturated rings. The number of carboxylic acid groups (broad SMARTS) is 1. The molecule has 0 spiro atoms. The summed E-state index contributed by atoms with van der Waals surface area (Å²) in [6, 6.07) is 2.32. The summed E-state index contributed by atoms with van der Waals surface area (Å²) in [6.45, 7) is -0.150. The molecular weight excluding hydrogens is 293 g/mol. The fraction of sp³-hybridized carbons (Fsp3) is 0.417. The molecule has 0 bridgehead atoms. The average molecular weight is 304 g/mol. The van der Waals surface area contributed by atoms with Crippen LogP contribution in [0.2, 0.25) is 0 Å². The van der Waals surface area contributed by atoms with Crippen LogP contribution in [0.1, 0.15) is 18.4 Å². The zero-order chi connectivity index (χ0) is 15.8. The highest BCUT2D eigenvalue weighted by Gasteiger charge is 2.50. The highest BCUT2D eigenvalue weighted by atomic mass is 19.4. The van der Waals surface area contributed by atoms with Crippen molar-refractivity contribution in [1.82, 2.24) is 0 Å². The van der Waals surface area contributed by atoms with Gasteiger partial charge in [0.1, 0.15) is 0 Å². The van der Waals surface area contributed by atoms with Crippen molar-refractivity contribution < 1.29 is 28.0 Å². The molecule has 0 aliphatic heterocycles. The molecule has 6 nitrogen and oxygen atoms in total. The summed E-state index contributed by atoms with van der Waals surface area (Å²) in [5.41, 5.74) is -3.25. The van der Waals surface area contributed by atoms with Crippen LogP contribution in [-0.4, -0.2) is 22.5 Å². The lowest BCUT2D eigenvalue weighted by Crippen LogP contribution is -2.25. The molecule has 0 amide bonds. The molecule has 9 heteroatoms. The smallest absolute Gasteiger partial charge is 0.418 e. The number of carboxylic acids is 1. The number of nitrogens with zero attached hydrogens (tertiary/aromatic N) is 1. The number of non-ortho nitro benzene ring substituents is 1. The van der Waals surface area contributed by atoms with E-state index in [0.29, 0.717) is 18.9 Å². The number of carbonyl (C=O) groups is 1. The van der Waals surface area contributed by atoms with Crippen LogP contribution >= 0.6 is 0 Å². The van der Waals surface area contributed by atoms with Crippen molar-refractivity contribution in [1.29, 1.82) is 0 Å². The van der Waals surface area contributed by atoms with E-state index in [2.05, 4.69) is 5.32 Å². The normalized spacial score (nSPS) is 16.3. The van der Waals surface area contributed by atoms with E-state index in [-0.39, 0.29) is 12.2 Å². The maximum atomic E-state index is 12.9. The lowest BCUT2D eigenvalue weighted by atomic mass is 10.1. The summed E-state index contributed by atoms with van der Waals surface area (Å²) in [5, 5.41) is 22.0. The second-order valence-electron chi connectivity index (χ2n) is 4.92. The number of hydrogen-bond acceptors (Lipinski definition) is 4. The van der Waals surface area contributed by atoms with Crippen LogP contribution in [0.4, 0.5) is 24.5 Å². The van der Waals surface area contributed by atoms with E-state index in [9.17, 15) is 28.1 Å². The summed E-state index contributed by atoms with van der Waals surface area (Å²) >= 11 is 0. The number of anilines is 1. The molecule has 0 unspecified atom stereocenters. The van der Waals surface area contributed by atoms with Gasteiger partial charge in [-0.3, -0.25) is 14.9 Å². The first-order valence-electron chi connectivity index (χ1n) is 5.99. The second-order valence-corrected chi connectivity index (χ2v) is 4.92. The van der Waals surface area contributed by atoms with E-state index in [1.807, 2.05) is 0 Å². The predicted molar refractivity (Wildman–Crippen MR) is 65.9 cm³/mol. The lowest BCUT2D eigenvalue weighted by molar-refractivity contribution is -0.385. The predicted octanol–water partition coefficient (Wildman–Crippen LogP) is 2.89. The minimum absolute atomic E-state index is 0.150. The van der Waals surface area contributed by atoms with Crippen LogP contribution in [0, 0.1) is 15.5 Å². The average Bonchev–Trinajstić information content (AvgIpc) is 3.16. The molecule has 0 atom stereocenters. The summed E-state index contributed by atoms with van der Waals surface area (Å²) in [7, 11) is 0. The number of hydrogen-bond donors (Lipinski definition) is 2. The number of rotatable bonds is 5. The van der Waals surface area contributed by atoms with Crippen LogP contribution in [0.3, 0.4) is 0 Å². The third kappa shape index (κ3) is 3.06. The molecule has 0 saturated heterocycles. The Morgan fingerprint density at radius 2 is 2.05 bits per heavy atom. The molecule has 1 aliphatic rings. The first-order valence-corrected chi connectivity index (χ1v) is 5.99. The topological polar surface area (TPSA) is 92.5 Å². The molecule has 2 N–H and O–H groups in total. The Labute approximate surface area is 116 Å². The lowest BCUT2D eigenvalue weighted by Gasteiger charge is -2.17. The number of nitro groups is 1. The zero-order valence-electron chi connectivity index (χ0n) is 10.6. The number of aliphatic carboxylic acids is 1. The van der Waals surface area contributed by atoms with Gasteiger partial charge in [0.25, 0.3) is 5.69 Å². The quantitative estimate of drug-likeness (QED) is 0.644. The van der Waals surface area contributed by atoms with Crippen molar-refractivity contribution in [2.24, 2.45) is 5.41 Å². The first kappa shape index (κ1) is 15.1. The summed E-state index contributed by atoms with van der Waals surface area (Å²) in [5.74, 6) is -1.06. The van der Waals surface area contributed by atoms with Gasteiger partial charge in [-0.15, -0.1) is 0 Å². The van der Waals surface area contributed by atoms with E-state index < -0.39 is 33.7 Å². The van der Waals surface area contributed by atoms with Gasteiger partial charge in [0.15, 0.2) is 0 Å². The SMILES string of the molecule is O=C(O)C1(CNc2ccc([N+](=O)[O-])cc2C(F)(F)F)CC1. The maximum Gasteiger partial charge on any atom is 0.418 e. The number of benzene rings is 1. The summed E-state index contributed by atoms with van der Waals surface area (Å²) in [4.78, 5) is 20.6. The third-order valence-corrected chi connectivity index (χ3v) is 3.44. The Balaban J connectivity index is 2.26. The molecule has 1 aromatic rings. The van der Waals surface area contributed by atoms with Crippen molar-refractivity contribution in [2.75, 3.05) is 11.9 Å². The van der Waals surface area contributed by atoms with E-state index in [0.717, 1.165) is 12.1 Å². The highest BCUT2D eigenvalue weighted by molar-refractivity contribution is 5.78. The third-order valence-electron chi connectivity index (χ3n) is 3.44. The minimum atomic E-state index is -4.77. The van der Waals surface area contributed by atoms with Crippen LogP contribution < -0.4 is 5.32 Å². The van der Waals surface area contributed by atoms with Crippen molar-refractivity contribution in [3.63, 3.8) is 0 Å². The zero-order valence-corrected chi connectivity index (χ0v) is 10.6. The standard InChI is InChI=1S/C12H11F3N2O4/c13-12(14,15)8-5-7(17(20)21)1-2-9(8)16-6-11(3-4-11)10(18)19/h1-2,5,16H,3-4,6H2,(H,18,19). The minimum Gasteiger partial charge on any atom is -0.481 e. The van der Waals surface area contributed by atoms with Gasteiger partial charge in [-0.2, -0.15) is 13.2 Å². The Bertz CT molecular complexity index is 597. The van der Waals surface area contributed by atoms with Crippen LogP contribution in [-0.2, 0) is 11.0 Å². The highest BCUT2D eigenvalue weighted by Crippen LogP contribution is 2.46. The van der Waals surface area contributed by atoms with E-state index in [1.165, 1.54) is 0 Å². The van der Waals surface area contributed by atoms with E-state index in [1.54, 1.807) is 0 Å². The number of alkyl halides is 3. The molecule has 114 valence electrons. The molecule has 0 aromatic heterocycles.